The Labute approximate surface area is 147 Å². The highest BCUT2D eigenvalue weighted by Gasteiger charge is 2.21. The molecular formula is C20H21FN2O2. The standard InChI is InChI=1S/C20H21FN2O2/c1-25-20(24)14-23(13-15-5-3-2-4-6-15)10-9-16-12-22-19-8-7-17(21)11-18(16)19/h2-7,11-12H,8-10,13-14H2,1H3. The van der Waals surface area contributed by atoms with Gasteiger partial charge in [0.05, 0.1) is 19.4 Å². The Bertz CT molecular complexity index is 763. The number of halogens is 1. The molecule has 4 nitrogen and oxygen atoms in total. The maximum absolute atomic E-state index is 13.5. The monoisotopic (exact) mass is 340 g/mol. The molecule has 2 aliphatic rings. The van der Waals surface area contributed by atoms with Gasteiger partial charge in [-0.2, -0.15) is 0 Å². The van der Waals surface area contributed by atoms with Crippen LogP contribution in [-0.4, -0.2) is 36.8 Å². The molecule has 1 heterocycles. The van der Waals surface area contributed by atoms with Crippen LogP contribution in [-0.2, 0) is 16.1 Å². The number of nitrogens with zero attached hydrogens (tertiary/aromatic N) is 2. The van der Waals surface area contributed by atoms with Crippen molar-refractivity contribution in [3.05, 3.63) is 71.2 Å². The van der Waals surface area contributed by atoms with Crippen LogP contribution >= 0.6 is 0 Å². The Morgan fingerprint density at radius 1 is 1.32 bits per heavy atom. The molecule has 25 heavy (non-hydrogen) atoms. The van der Waals surface area contributed by atoms with E-state index in [9.17, 15) is 9.18 Å². The van der Waals surface area contributed by atoms with E-state index in [1.54, 1.807) is 6.08 Å². The van der Waals surface area contributed by atoms with Gasteiger partial charge in [0.1, 0.15) is 5.83 Å². The third-order valence-electron chi connectivity index (χ3n) is 4.33. The fourth-order valence-electron chi connectivity index (χ4n) is 2.99. The van der Waals surface area contributed by atoms with Crippen molar-refractivity contribution in [2.45, 2.75) is 19.4 Å². The Balaban J connectivity index is 1.64. The first-order valence-electron chi connectivity index (χ1n) is 8.32. The topological polar surface area (TPSA) is 41.9 Å². The van der Waals surface area contributed by atoms with E-state index in [0.717, 1.165) is 22.4 Å². The molecule has 130 valence electrons. The van der Waals surface area contributed by atoms with E-state index in [1.165, 1.54) is 13.2 Å². The lowest BCUT2D eigenvalue weighted by atomic mass is 9.95. The number of carbonyl (C=O) groups excluding carboxylic acids is 1. The highest BCUT2D eigenvalue weighted by atomic mass is 19.1. The molecule has 3 rings (SSSR count). The Morgan fingerprint density at radius 2 is 2.12 bits per heavy atom. The fourth-order valence-corrected chi connectivity index (χ4v) is 2.99. The molecule has 0 unspecified atom stereocenters. The minimum absolute atomic E-state index is 0.211. The smallest absolute Gasteiger partial charge is 0.319 e. The van der Waals surface area contributed by atoms with Crippen LogP contribution in [0.25, 0.3) is 0 Å². The molecule has 0 bridgehead atoms. The van der Waals surface area contributed by atoms with E-state index in [-0.39, 0.29) is 18.3 Å². The SMILES string of the molecule is COC(=O)CN(CCC1=CN=C2CC=C(F)C=C12)Cc1ccccc1. The highest BCUT2D eigenvalue weighted by molar-refractivity contribution is 6.08. The molecule has 0 saturated heterocycles. The van der Waals surface area contributed by atoms with Crippen molar-refractivity contribution < 1.29 is 13.9 Å². The summed E-state index contributed by atoms with van der Waals surface area (Å²) in [5, 5.41) is 0. The van der Waals surface area contributed by atoms with E-state index in [4.69, 9.17) is 4.74 Å². The van der Waals surface area contributed by atoms with E-state index in [2.05, 4.69) is 4.99 Å². The molecule has 0 fully saturated rings. The first-order valence-corrected chi connectivity index (χ1v) is 8.32. The Hall–Kier alpha value is -2.53. The zero-order chi connectivity index (χ0) is 17.6. The summed E-state index contributed by atoms with van der Waals surface area (Å²) in [6, 6.07) is 9.99. The number of esters is 1. The molecule has 1 aromatic rings. The first-order chi connectivity index (χ1) is 12.2. The van der Waals surface area contributed by atoms with Crippen LogP contribution in [0.3, 0.4) is 0 Å². The zero-order valence-corrected chi connectivity index (χ0v) is 14.2. The summed E-state index contributed by atoms with van der Waals surface area (Å²) in [6.45, 7) is 1.55. The molecule has 0 spiro atoms. The molecule has 0 N–H and O–H groups in total. The lowest BCUT2D eigenvalue weighted by Crippen LogP contribution is -2.31. The third kappa shape index (κ3) is 4.51. The maximum atomic E-state index is 13.5. The van der Waals surface area contributed by atoms with Crippen molar-refractivity contribution in [1.29, 1.82) is 0 Å². The van der Waals surface area contributed by atoms with Gasteiger partial charge in [0, 0.05) is 31.3 Å². The predicted octanol–water partition coefficient (Wildman–Crippen LogP) is 3.57. The first kappa shape index (κ1) is 17.3. The summed E-state index contributed by atoms with van der Waals surface area (Å²) < 4.78 is 18.3. The van der Waals surface area contributed by atoms with Crippen molar-refractivity contribution in [3.63, 3.8) is 0 Å². The van der Waals surface area contributed by atoms with Gasteiger partial charge in [0.25, 0.3) is 0 Å². The molecule has 0 aromatic heterocycles. The average molecular weight is 340 g/mol. The van der Waals surface area contributed by atoms with Crippen LogP contribution < -0.4 is 0 Å². The molecule has 0 radical (unpaired) electrons. The number of benzene rings is 1. The number of aliphatic imine (C=N–C) groups is 1. The van der Waals surface area contributed by atoms with Crippen molar-refractivity contribution in [2.75, 3.05) is 20.2 Å². The quantitative estimate of drug-likeness (QED) is 0.713. The van der Waals surface area contributed by atoms with Gasteiger partial charge in [-0.05, 0) is 29.7 Å². The number of hydrogen-bond donors (Lipinski definition) is 0. The van der Waals surface area contributed by atoms with Crippen LogP contribution in [0.2, 0.25) is 0 Å². The third-order valence-corrected chi connectivity index (χ3v) is 4.33. The van der Waals surface area contributed by atoms with E-state index in [1.807, 2.05) is 41.4 Å². The van der Waals surface area contributed by atoms with Crippen molar-refractivity contribution in [1.82, 2.24) is 4.90 Å². The van der Waals surface area contributed by atoms with Gasteiger partial charge in [-0.3, -0.25) is 14.7 Å². The zero-order valence-electron chi connectivity index (χ0n) is 14.2. The van der Waals surface area contributed by atoms with Crippen LogP contribution in [0.15, 0.2) is 70.6 Å². The van der Waals surface area contributed by atoms with Crippen molar-refractivity contribution >= 4 is 11.7 Å². The van der Waals surface area contributed by atoms with E-state index >= 15 is 0 Å². The van der Waals surface area contributed by atoms with Gasteiger partial charge in [-0.1, -0.05) is 30.3 Å². The number of rotatable bonds is 7. The second-order valence-electron chi connectivity index (χ2n) is 6.10. The Kier molecular flexibility index (Phi) is 5.56. The van der Waals surface area contributed by atoms with Gasteiger partial charge in [-0.25, -0.2) is 4.39 Å². The summed E-state index contributed by atoms with van der Waals surface area (Å²) in [7, 11) is 1.39. The number of allylic oxidation sites excluding steroid dienone is 4. The van der Waals surface area contributed by atoms with Gasteiger partial charge in [-0.15, -0.1) is 0 Å². The summed E-state index contributed by atoms with van der Waals surface area (Å²) in [6.07, 6.45) is 6.14. The Morgan fingerprint density at radius 3 is 2.88 bits per heavy atom. The number of hydrogen-bond acceptors (Lipinski definition) is 4. The number of methoxy groups -OCH3 is 1. The van der Waals surface area contributed by atoms with Gasteiger partial charge in [0.2, 0.25) is 0 Å². The molecule has 0 saturated carbocycles. The van der Waals surface area contributed by atoms with Gasteiger partial charge in [0.15, 0.2) is 0 Å². The summed E-state index contributed by atoms with van der Waals surface area (Å²) in [4.78, 5) is 18.1. The predicted molar refractivity (Wildman–Crippen MR) is 95.8 cm³/mol. The van der Waals surface area contributed by atoms with Gasteiger partial charge >= 0.3 is 5.97 Å². The highest BCUT2D eigenvalue weighted by Crippen LogP contribution is 2.29. The molecule has 0 amide bonds. The second-order valence-corrected chi connectivity index (χ2v) is 6.10. The normalized spacial score (nSPS) is 16.0. The summed E-state index contributed by atoms with van der Waals surface area (Å²) >= 11 is 0. The van der Waals surface area contributed by atoms with E-state index < -0.39 is 0 Å². The molecule has 1 aromatic carbocycles. The number of carbonyl (C=O) groups is 1. The molecule has 1 aliphatic heterocycles. The minimum Gasteiger partial charge on any atom is -0.468 e. The van der Waals surface area contributed by atoms with Gasteiger partial charge < -0.3 is 4.74 Å². The largest absolute Gasteiger partial charge is 0.468 e. The molecule has 0 atom stereocenters. The molecule has 5 heteroatoms. The van der Waals surface area contributed by atoms with Crippen LogP contribution in [0.5, 0.6) is 0 Å². The number of fused-ring (bicyclic) bond motifs is 1. The molecule has 1 aliphatic carbocycles. The maximum Gasteiger partial charge on any atom is 0.319 e. The van der Waals surface area contributed by atoms with Crippen molar-refractivity contribution in [3.8, 4) is 0 Å². The summed E-state index contributed by atoms with van der Waals surface area (Å²) in [5.41, 5.74) is 3.95. The van der Waals surface area contributed by atoms with Crippen molar-refractivity contribution in [2.24, 2.45) is 4.99 Å². The van der Waals surface area contributed by atoms with Crippen LogP contribution in [0, 0.1) is 0 Å². The van der Waals surface area contributed by atoms with Crippen LogP contribution in [0.4, 0.5) is 4.39 Å². The second kappa shape index (κ2) is 8.03. The van der Waals surface area contributed by atoms with Crippen LogP contribution in [0.1, 0.15) is 18.4 Å². The number of ether oxygens (including phenoxy) is 1. The summed E-state index contributed by atoms with van der Waals surface area (Å²) in [5.74, 6) is -0.475. The lowest BCUT2D eigenvalue weighted by molar-refractivity contribution is -0.142. The minimum atomic E-state index is -0.265. The van der Waals surface area contributed by atoms with E-state index in [0.29, 0.717) is 25.9 Å². The lowest BCUT2D eigenvalue weighted by Gasteiger charge is -2.22. The fraction of sp³-hybridized carbons (Fsp3) is 0.300. The average Bonchev–Trinajstić information content (AvgIpc) is 3.02. The molecular weight excluding hydrogens is 319 g/mol.